The van der Waals surface area contributed by atoms with Crippen LogP contribution in [0.15, 0.2) is 42.5 Å². The Morgan fingerprint density at radius 2 is 1.92 bits per heavy atom. The minimum atomic E-state index is -0.626. The molecule has 0 aromatic heterocycles. The molecule has 3 N–H and O–H groups in total. The number of halogens is 1. The molecule has 0 saturated heterocycles. The number of ether oxygens (including phenoxy) is 1. The fourth-order valence-corrected chi connectivity index (χ4v) is 2.30. The molecule has 0 atom stereocenters. The lowest BCUT2D eigenvalue weighted by molar-refractivity contribution is -0.119. The lowest BCUT2D eigenvalue weighted by Crippen LogP contribution is -2.22. The van der Waals surface area contributed by atoms with Crippen molar-refractivity contribution in [3.05, 3.63) is 58.6 Å². The van der Waals surface area contributed by atoms with Gasteiger partial charge in [0.25, 0.3) is 5.91 Å². The lowest BCUT2D eigenvalue weighted by atomic mass is 10.2. The number of hydrogen-bond acceptors (Lipinski definition) is 5. The van der Waals surface area contributed by atoms with Crippen molar-refractivity contribution in [1.82, 2.24) is 0 Å². The molecule has 0 saturated carbocycles. The van der Waals surface area contributed by atoms with Gasteiger partial charge in [0.05, 0.1) is 12.2 Å². The van der Waals surface area contributed by atoms with Crippen LogP contribution in [0.3, 0.4) is 0 Å². The molecule has 0 aliphatic carbocycles. The SMILES string of the molecule is Cc1ccc(Cl)cc1NC(=O)COC(=O)c1ccccc1NCCO. The second kappa shape index (κ2) is 9.05. The summed E-state index contributed by atoms with van der Waals surface area (Å²) in [5, 5.41) is 15.0. The van der Waals surface area contributed by atoms with Crippen LogP contribution in [0.4, 0.5) is 11.4 Å². The number of hydrogen-bond donors (Lipinski definition) is 3. The molecule has 0 aliphatic heterocycles. The second-order valence-electron chi connectivity index (χ2n) is 5.28. The van der Waals surface area contributed by atoms with Gasteiger partial charge in [0.2, 0.25) is 0 Å². The molecule has 2 aromatic carbocycles. The van der Waals surface area contributed by atoms with Crippen LogP contribution < -0.4 is 10.6 Å². The lowest BCUT2D eigenvalue weighted by Gasteiger charge is -2.12. The van der Waals surface area contributed by atoms with E-state index < -0.39 is 18.5 Å². The van der Waals surface area contributed by atoms with Crippen molar-refractivity contribution < 1.29 is 19.4 Å². The summed E-state index contributed by atoms with van der Waals surface area (Å²) in [6.07, 6.45) is 0. The number of rotatable bonds is 7. The maximum atomic E-state index is 12.2. The quantitative estimate of drug-likeness (QED) is 0.659. The monoisotopic (exact) mass is 362 g/mol. The first-order valence-electron chi connectivity index (χ1n) is 7.68. The molecule has 6 nitrogen and oxygen atoms in total. The van der Waals surface area contributed by atoms with Crippen LogP contribution >= 0.6 is 11.6 Å². The molecule has 132 valence electrons. The number of carbonyl (C=O) groups excluding carboxylic acids is 2. The van der Waals surface area contributed by atoms with Gasteiger partial charge in [-0.1, -0.05) is 29.8 Å². The van der Waals surface area contributed by atoms with Crippen molar-refractivity contribution >= 4 is 34.9 Å². The Bertz CT molecular complexity index is 764. The average molecular weight is 363 g/mol. The molecule has 0 aliphatic rings. The minimum absolute atomic E-state index is 0.0647. The number of esters is 1. The minimum Gasteiger partial charge on any atom is -0.452 e. The van der Waals surface area contributed by atoms with Crippen molar-refractivity contribution in [3.8, 4) is 0 Å². The predicted molar refractivity (Wildman–Crippen MR) is 97.1 cm³/mol. The summed E-state index contributed by atoms with van der Waals surface area (Å²) in [6, 6.07) is 11.9. The zero-order chi connectivity index (χ0) is 18.2. The maximum absolute atomic E-state index is 12.2. The summed E-state index contributed by atoms with van der Waals surface area (Å²) in [7, 11) is 0. The molecule has 2 aromatic rings. The summed E-state index contributed by atoms with van der Waals surface area (Å²) in [6.45, 7) is 1.66. The van der Waals surface area contributed by atoms with Gasteiger partial charge in [-0.15, -0.1) is 0 Å². The highest BCUT2D eigenvalue weighted by Crippen LogP contribution is 2.20. The molecule has 0 bridgehead atoms. The standard InChI is InChI=1S/C18H19ClN2O4/c1-12-6-7-13(19)10-16(12)21-17(23)11-25-18(24)14-4-2-3-5-15(14)20-8-9-22/h2-7,10,20,22H,8-9,11H2,1H3,(H,21,23). The number of carbonyl (C=O) groups is 2. The Hall–Kier alpha value is -2.57. The third-order valence-electron chi connectivity index (χ3n) is 3.38. The van der Waals surface area contributed by atoms with Gasteiger partial charge in [-0.3, -0.25) is 4.79 Å². The van der Waals surface area contributed by atoms with E-state index in [-0.39, 0.29) is 6.61 Å². The second-order valence-corrected chi connectivity index (χ2v) is 5.72. The fourth-order valence-electron chi connectivity index (χ4n) is 2.13. The molecule has 0 heterocycles. The fraction of sp³-hybridized carbons (Fsp3) is 0.222. The predicted octanol–water partition coefficient (Wildman–Crippen LogP) is 2.85. The number of aliphatic hydroxyl groups is 1. The first-order chi connectivity index (χ1) is 12.0. The topological polar surface area (TPSA) is 87.7 Å². The van der Waals surface area contributed by atoms with Crippen molar-refractivity contribution in [2.75, 3.05) is 30.4 Å². The number of aliphatic hydroxyl groups excluding tert-OH is 1. The summed E-state index contributed by atoms with van der Waals surface area (Å²) in [5.41, 5.74) is 2.25. The number of para-hydroxylation sites is 1. The smallest absolute Gasteiger partial charge is 0.340 e. The Kier molecular flexibility index (Phi) is 6.80. The Labute approximate surface area is 150 Å². The molecular weight excluding hydrogens is 344 g/mol. The molecule has 1 amide bonds. The first-order valence-corrected chi connectivity index (χ1v) is 8.06. The maximum Gasteiger partial charge on any atom is 0.340 e. The van der Waals surface area contributed by atoms with E-state index in [1.165, 1.54) is 0 Å². The van der Waals surface area contributed by atoms with Gasteiger partial charge in [-0.25, -0.2) is 4.79 Å². The van der Waals surface area contributed by atoms with E-state index in [0.29, 0.717) is 28.5 Å². The van der Waals surface area contributed by atoms with Crippen molar-refractivity contribution in [2.24, 2.45) is 0 Å². The highest BCUT2D eigenvalue weighted by atomic mass is 35.5. The zero-order valence-electron chi connectivity index (χ0n) is 13.7. The van der Waals surface area contributed by atoms with E-state index >= 15 is 0 Å². The molecule has 0 fully saturated rings. The third-order valence-corrected chi connectivity index (χ3v) is 3.62. The van der Waals surface area contributed by atoms with Crippen molar-refractivity contribution in [2.45, 2.75) is 6.92 Å². The van der Waals surface area contributed by atoms with E-state index in [1.54, 1.807) is 42.5 Å². The first kappa shape index (κ1) is 18.8. The van der Waals surface area contributed by atoms with Crippen LogP contribution in [-0.2, 0) is 9.53 Å². The molecule has 7 heteroatoms. The van der Waals surface area contributed by atoms with Crippen LogP contribution in [0, 0.1) is 6.92 Å². The number of aryl methyl sites for hydroxylation is 1. The number of anilines is 2. The van der Waals surface area contributed by atoms with Crippen molar-refractivity contribution in [1.29, 1.82) is 0 Å². The van der Waals surface area contributed by atoms with Gasteiger partial charge in [-0.2, -0.15) is 0 Å². The van der Waals surface area contributed by atoms with Crippen molar-refractivity contribution in [3.63, 3.8) is 0 Å². The summed E-state index contributed by atoms with van der Waals surface area (Å²) in [4.78, 5) is 24.2. The highest BCUT2D eigenvalue weighted by Gasteiger charge is 2.14. The largest absolute Gasteiger partial charge is 0.452 e. The Morgan fingerprint density at radius 1 is 1.16 bits per heavy atom. The van der Waals surface area contributed by atoms with Crippen LogP contribution in [0.25, 0.3) is 0 Å². The molecular formula is C18H19ClN2O4. The summed E-state index contributed by atoms with van der Waals surface area (Å²) in [5.74, 6) is -1.08. The van der Waals surface area contributed by atoms with Gasteiger partial charge in [0.1, 0.15) is 0 Å². The van der Waals surface area contributed by atoms with Gasteiger partial charge in [-0.05, 0) is 36.8 Å². The highest BCUT2D eigenvalue weighted by molar-refractivity contribution is 6.31. The molecule has 0 unspecified atom stereocenters. The summed E-state index contributed by atoms with van der Waals surface area (Å²) >= 11 is 5.91. The Balaban J connectivity index is 1.95. The van der Waals surface area contributed by atoms with Gasteiger partial charge >= 0.3 is 5.97 Å². The van der Waals surface area contributed by atoms with Gasteiger partial charge < -0.3 is 20.5 Å². The van der Waals surface area contributed by atoms with E-state index in [9.17, 15) is 9.59 Å². The van der Waals surface area contributed by atoms with E-state index in [2.05, 4.69) is 10.6 Å². The number of amides is 1. The molecule has 25 heavy (non-hydrogen) atoms. The van der Waals surface area contributed by atoms with Crippen LogP contribution in [0.5, 0.6) is 0 Å². The van der Waals surface area contributed by atoms with E-state index in [1.807, 2.05) is 6.92 Å². The molecule has 0 spiro atoms. The summed E-state index contributed by atoms with van der Waals surface area (Å²) < 4.78 is 5.07. The van der Waals surface area contributed by atoms with Crippen LogP contribution in [-0.4, -0.2) is 36.7 Å². The molecule has 0 radical (unpaired) electrons. The average Bonchev–Trinajstić information content (AvgIpc) is 2.61. The zero-order valence-corrected chi connectivity index (χ0v) is 14.5. The van der Waals surface area contributed by atoms with Gasteiger partial charge in [0.15, 0.2) is 6.61 Å². The number of nitrogens with one attached hydrogen (secondary N) is 2. The third kappa shape index (κ3) is 5.48. The van der Waals surface area contributed by atoms with E-state index in [0.717, 1.165) is 5.56 Å². The van der Waals surface area contributed by atoms with Gasteiger partial charge in [0, 0.05) is 22.9 Å². The van der Waals surface area contributed by atoms with E-state index in [4.69, 9.17) is 21.4 Å². The molecule has 2 rings (SSSR count). The Morgan fingerprint density at radius 3 is 2.68 bits per heavy atom. The normalized spacial score (nSPS) is 10.2. The van der Waals surface area contributed by atoms with Crippen LogP contribution in [0.1, 0.15) is 15.9 Å². The number of benzene rings is 2. The van der Waals surface area contributed by atoms with Crippen LogP contribution in [0.2, 0.25) is 5.02 Å².